The summed E-state index contributed by atoms with van der Waals surface area (Å²) >= 11 is 0. The molecule has 0 amide bonds. The number of Topliss-reactive ketones (excluding diaryl/α,β-unsaturated/α-hetero) is 1. The number of para-hydroxylation sites is 2. The van der Waals surface area contributed by atoms with E-state index >= 15 is 0 Å². The number of rotatable bonds is 6. The number of carbonyl (C=O) groups is 1. The Hall–Kier alpha value is -2.99. The van der Waals surface area contributed by atoms with Crippen molar-refractivity contribution in [1.82, 2.24) is 4.57 Å². The molecular formula is C24H30N3O3+. The van der Waals surface area contributed by atoms with Crippen molar-refractivity contribution in [3.63, 3.8) is 0 Å². The predicted molar refractivity (Wildman–Crippen MR) is 117 cm³/mol. The van der Waals surface area contributed by atoms with Crippen molar-refractivity contribution < 1.29 is 19.2 Å². The van der Waals surface area contributed by atoms with Crippen molar-refractivity contribution in [2.24, 2.45) is 0 Å². The van der Waals surface area contributed by atoms with Gasteiger partial charge < -0.3 is 23.9 Å². The lowest BCUT2D eigenvalue weighted by molar-refractivity contribution is -0.914. The summed E-state index contributed by atoms with van der Waals surface area (Å²) in [5.41, 5.74) is 3.74. The predicted octanol–water partition coefficient (Wildman–Crippen LogP) is 2.43. The Morgan fingerprint density at radius 1 is 1.17 bits per heavy atom. The van der Waals surface area contributed by atoms with Crippen LogP contribution >= 0.6 is 0 Å². The number of aromatic hydroxyl groups is 1. The first-order chi connectivity index (χ1) is 14.5. The maximum absolute atomic E-state index is 13.3. The maximum atomic E-state index is 13.3. The molecule has 0 unspecified atom stereocenters. The van der Waals surface area contributed by atoms with E-state index in [0.717, 1.165) is 54.6 Å². The van der Waals surface area contributed by atoms with Crippen LogP contribution in [0.4, 0.5) is 5.69 Å². The molecule has 1 fully saturated rings. The number of benzene rings is 1. The number of anilines is 1. The quantitative estimate of drug-likeness (QED) is 0.615. The van der Waals surface area contributed by atoms with Gasteiger partial charge in [0, 0.05) is 17.0 Å². The number of quaternary nitrogens is 1. The fourth-order valence-corrected chi connectivity index (χ4v) is 4.47. The summed E-state index contributed by atoms with van der Waals surface area (Å²) in [7, 11) is 0. The number of aryl methyl sites for hydroxylation is 1. The van der Waals surface area contributed by atoms with Crippen molar-refractivity contribution in [3.05, 3.63) is 71.4 Å². The molecule has 1 aliphatic rings. The van der Waals surface area contributed by atoms with Gasteiger partial charge in [-0.15, -0.1) is 0 Å². The molecule has 0 radical (unpaired) electrons. The molecule has 6 nitrogen and oxygen atoms in total. The van der Waals surface area contributed by atoms with E-state index in [1.165, 1.54) is 4.90 Å². The van der Waals surface area contributed by atoms with Crippen molar-refractivity contribution >= 4 is 11.5 Å². The van der Waals surface area contributed by atoms with E-state index in [2.05, 4.69) is 9.47 Å². The average molecular weight is 409 g/mol. The standard InChI is InChI=1S/C24H29N3O3/c1-17-15-21(18(2)27(17)16-20-7-6-14-30-20)24(29)19(3)25-10-12-26(13-11-25)22-8-4-5-9-23(22)28/h4-9,14-15,19,28H,10-13,16H2,1-3H3/p+1/t19-/m0/s1. The number of furan rings is 1. The summed E-state index contributed by atoms with van der Waals surface area (Å²) in [6, 6.07) is 13.2. The second kappa shape index (κ2) is 8.40. The molecule has 0 bridgehead atoms. The Morgan fingerprint density at radius 3 is 2.57 bits per heavy atom. The van der Waals surface area contributed by atoms with Crippen LogP contribution < -0.4 is 9.80 Å². The van der Waals surface area contributed by atoms with E-state index in [9.17, 15) is 9.90 Å². The van der Waals surface area contributed by atoms with E-state index in [-0.39, 0.29) is 11.8 Å². The van der Waals surface area contributed by atoms with Crippen LogP contribution in [0.3, 0.4) is 0 Å². The fourth-order valence-electron chi connectivity index (χ4n) is 4.47. The number of phenolic OH excluding ortho intramolecular Hbond substituents is 1. The normalized spacial score (nSPS) is 16.0. The molecule has 1 aromatic carbocycles. The second-order valence-electron chi connectivity index (χ2n) is 8.17. The van der Waals surface area contributed by atoms with E-state index < -0.39 is 0 Å². The zero-order valence-electron chi connectivity index (χ0n) is 17.9. The summed E-state index contributed by atoms with van der Waals surface area (Å²) in [6.45, 7) is 10.1. The summed E-state index contributed by atoms with van der Waals surface area (Å²) in [6.07, 6.45) is 1.68. The van der Waals surface area contributed by atoms with Crippen molar-refractivity contribution in [2.75, 3.05) is 31.1 Å². The number of nitrogens with one attached hydrogen (secondary N) is 1. The zero-order chi connectivity index (χ0) is 21.3. The second-order valence-corrected chi connectivity index (χ2v) is 8.17. The molecule has 2 N–H and O–H groups in total. The summed E-state index contributed by atoms with van der Waals surface area (Å²) in [5, 5.41) is 10.1. The Labute approximate surface area is 177 Å². The van der Waals surface area contributed by atoms with Gasteiger partial charge in [0.1, 0.15) is 17.6 Å². The van der Waals surface area contributed by atoms with Gasteiger partial charge in [0.15, 0.2) is 0 Å². The largest absolute Gasteiger partial charge is 0.506 e. The van der Waals surface area contributed by atoms with Crippen molar-refractivity contribution in [3.8, 4) is 5.75 Å². The average Bonchev–Trinajstić information content (AvgIpc) is 3.37. The number of nitrogens with zero attached hydrogens (tertiary/aromatic N) is 2. The highest BCUT2D eigenvalue weighted by Crippen LogP contribution is 2.26. The molecular weight excluding hydrogens is 378 g/mol. The zero-order valence-corrected chi connectivity index (χ0v) is 17.9. The fraction of sp³-hybridized carbons (Fsp3) is 0.375. The molecule has 158 valence electrons. The van der Waals surface area contributed by atoms with Crippen molar-refractivity contribution in [2.45, 2.75) is 33.4 Å². The highest BCUT2D eigenvalue weighted by Gasteiger charge is 2.32. The maximum Gasteiger partial charge on any atom is 0.221 e. The van der Waals surface area contributed by atoms with Gasteiger partial charge in [-0.1, -0.05) is 12.1 Å². The first-order valence-electron chi connectivity index (χ1n) is 10.6. The molecule has 0 spiro atoms. The number of carbonyl (C=O) groups excluding carboxylic acids is 1. The minimum absolute atomic E-state index is 0.103. The number of aromatic nitrogens is 1. The van der Waals surface area contributed by atoms with E-state index in [1.807, 2.05) is 57.2 Å². The molecule has 1 saturated heterocycles. The van der Waals surface area contributed by atoms with E-state index in [0.29, 0.717) is 12.3 Å². The van der Waals surface area contributed by atoms with Gasteiger partial charge in [-0.05, 0) is 51.1 Å². The third-order valence-electron chi connectivity index (χ3n) is 6.37. The van der Waals surface area contributed by atoms with Gasteiger partial charge in [0.2, 0.25) is 5.78 Å². The van der Waals surface area contributed by atoms with Gasteiger partial charge in [-0.3, -0.25) is 4.79 Å². The lowest BCUT2D eigenvalue weighted by Gasteiger charge is -2.36. The molecule has 0 aliphatic carbocycles. The smallest absolute Gasteiger partial charge is 0.221 e. The first kappa shape index (κ1) is 20.3. The van der Waals surface area contributed by atoms with Crippen molar-refractivity contribution in [1.29, 1.82) is 0 Å². The summed E-state index contributed by atoms with van der Waals surface area (Å²) in [5.74, 6) is 1.39. The number of hydrogen-bond acceptors (Lipinski definition) is 4. The van der Waals surface area contributed by atoms with E-state index in [4.69, 9.17) is 4.42 Å². The van der Waals surface area contributed by atoms with E-state index in [1.54, 1.807) is 12.3 Å². The lowest BCUT2D eigenvalue weighted by atomic mass is 10.0. The highest BCUT2D eigenvalue weighted by atomic mass is 16.3. The molecule has 0 saturated carbocycles. The van der Waals surface area contributed by atoms with Gasteiger partial charge in [0.25, 0.3) is 0 Å². The molecule has 2 aromatic heterocycles. The van der Waals surface area contributed by atoms with Gasteiger partial charge >= 0.3 is 0 Å². The third kappa shape index (κ3) is 3.87. The van der Waals surface area contributed by atoms with Gasteiger partial charge in [-0.2, -0.15) is 0 Å². The molecule has 3 heterocycles. The van der Waals surface area contributed by atoms with Crippen LogP contribution in [0.5, 0.6) is 5.75 Å². The first-order valence-corrected chi connectivity index (χ1v) is 10.6. The van der Waals surface area contributed by atoms with Crippen LogP contribution in [0.2, 0.25) is 0 Å². The Bertz CT molecular complexity index is 1010. The Morgan fingerprint density at radius 2 is 1.90 bits per heavy atom. The molecule has 30 heavy (non-hydrogen) atoms. The Balaban J connectivity index is 1.44. The van der Waals surface area contributed by atoms with Crippen LogP contribution in [-0.4, -0.2) is 47.7 Å². The topological polar surface area (TPSA) is 63.1 Å². The minimum atomic E-state index is -0.103. The molecule has 4 rings (SSSR count). The highest BCUT2D eigenvalue weighted by molar-refractivity contribution is 6.00. The minimum Gasteiger partial charge on any atom is -0.506 e. The molecule has 1 atom stereocenters. The van der Waals surface area contributed by atoms with Gasteiger partial charge in [-0.25, -0.2) is 0 Å². The van der Waals surface area contributed by atoms with Crippen LogP contribution in [-0.2, 0) is 6.54 Å². The number of piperazine rings is 1. The Kier molecular flexibility index (Phi) is 5.68. The molecule has 3 aromatic rings. The monoisotopic (exact) mass is 408 g/mol. The number of phenols is 1. The number of ketones is 1. The third-order valence-corrected chi connectivity index (χ3v) is 6.37. The number of hydrogen-bond donors (Lipinski definition) is 2. The van der Waals surface area contributed by atoms with Crippen LogP contribution in [0.25, 0.3) is 0 Å². The lowest BCUT2D eigenvalue weighted by Crippen LogP contribution is -3.18. The van der Waals surface area contributed by atoms with Crippen LogP contribution in [0.1, 0.15) is 34.4 Å². The molecule has 6 heteroatoms. The summed E-state index contributed by atoms with van der Waals surface area (Å²) < 4.78 is 7.63. The summed E-state index contributed by atoms with van der Waals surface area (Å²) in [4.78, 5) is 16.8. The van der Waals surface area contributed by atoms with Gasteiger partial charge in [0.05, 0.1) is 44.7 Å². The molecule has 1 aliphatic heterocycles. The SMILES string of the molecule is Cc1cc(C(=O)[C@H](C)[NH+]2CCN(c3ccccc3O)CC2)c(C)n1Cc1ccco1. The van der Waals surface area contributed by atoms with Crippen LogP contribution in [0.15, 0.2) is 53.1 Å². The van der Waals surface area contributed by atoms with Crippen LogP contribution in [0, 0.1) is 13.8 Å².